The van der Waals surface area contributed by atoms with Gasteiger partial charge in [0.25, 0.3) is 0 Å². The van der Waals surface area contributed by atoms with Gasteiger partial charge in [-0.15, -0.1) is 0 Å². The first-order valence-electron chi connectivity index (χ1n) is 12.2. The van der Waals surface area contributed by atoms with Crippen molar-refractivity contribution in [2.75, 3.05) is 37.9 Å². The molecule has 188 valence electrons. The highest BCUT2D eigenvalue weighted by atomic mass is 16.5. The number of rotatable bonds is 8. The van der Waals surface area contributed by atoms with Gasteiger partial charge in [0.15, 0.2) is 0 Å². The third kappa shape index (κ3) is 5.86. The van der Waals surface area contributed by atoms with Crippen LogP contribution < -0.4 is 20.1 Å². The molecule has 1 aliphatic heterocycles. The summed E-state index contributed by atoms with van der Waals surface area (Å²) in [5.74, 6) is 0.969. The van der Waals surface area contributed by atoms with Crippen LogP contribution in [-0.4, -0.2) is 44.0 Å². The highest BCUT2D eigenvalue weighted by molar-refractivity contribution is 5.97. The first-order valence-corrected chi connectivity index (χ1v) is 12.2. The molecule has 1 aliphatic rings. The molecule has 0 bridgehead atoms. The molecule has 1 fully saturated rings. The third-order valence-electron chi connectivity index (χ3n) is 6.61. The number of carbonyl (C=O) groups is 2. The maximum absolute atomic E-state index is 13.6. The van der Waals surface area contributed by atoms with Gasteiger partial charge in [-0.2, -0.15) is 0 Å². The normalized spacial score (nSPS) is 15.1. The maximum atomic E-state index is 13.6. The van der Waals surface area contributed by atoms with Crippen LogP contribution in [0.3, 0.4) is 0 Å². The summed E-state index contributed by atoms with van der Waals surface area (Å²) < 4.78 is 10.8. The average molecular weight is 488 g/mol. The van der Waals surface area contributed by atoms with Crippen molar-refractivity contribution in [3.05, 3.63) is 83.9 Å². The van der Waals surface area contributed by atoms with Crippen molar-refractivity contribution >= 4 is 23.2 Å². The third-order valence-corrected chi connectivity index (χ3v) is 6.61. The maximum Gasteiger partial charge on any atom is 0.246 e. The number of nitrogens with zero attached hydrogens (tertiary/aromatic N) is 1. The lowest BCUT2D eigenvalue weighted by Gasteiger charge is -2.36. The molecule has 0 aliphatic carbocycles. The fourth-order valence-corrected chi connectivity index (χ4v) is 4.69. The smallest absolute Gasteiger partial charge is 0.246 e. The minimum absolute atomic E-state index is 0.0237. The Kier molecular flexibility index (Phi) is 8.23. The number of piperidine rings is 1. The standard InChI is InChI=1S/C29H33N3O4/c1-20-13-14-26(36-3)24(19-20)31-29(34)27(21-9-5-4-6-10-21)32-17-15-22(16-18-32)28(33)30-23-11-7-8-12-25(23)35-2/h4-14,19,22,27H,15-18H2,1-3H3,(H,30,33)(H,31,34). The molecule has 4 rings (SSSR count). The Morgan fingerprint density at radius 2 is 1.47 bits per heavy atom. The minimum atomic E-state index is -0.477. The van der Waals surface area contributed by atoms with Crippen molar-refractivity contribution in [1.82, 2.24) is 4.90 Å². The van der Waals surface area contributed by atoms with Gasteiger partial charge in [-0.05, 0) is 68.2 Å². The van der Waals surface area contributed by atoms with Gasteiger partial charge in [0.05, 0.1) is 25.6 Å². The van der Waals surface area contributed by atoms with Crippen LogP contribution in [0.1, 0.15) is 30.0 Å². The molecule has 0 spiro atoms. The fraction of sp³-hybridized carbons (Fsp3) is 0.310. The Morgan fingerprint density at radius 3 is 2.17 bits per heavy atom. The number of aryl methyl sites for hydroxylation is 1. The number of benzene rings is 3. The van der Waals surface area contributed by atoms with Crippen LogP contribution in [0.15, 0.2) is 72.8 Å². The predicted molar refractivity (Wildman–Crippen MR) is 141 cm³/mol. The molecular formula is C29H33N3O4. The number of nitrogens with one attached hydrogen (secondary N) is 2. The molecule has 3 aromatic rings. The summed E-state index contributed by atoms with van der Waals surface area (Å²) in [5, 5.41) is 6.08. The summed E-state index contributed by atoms with van der Waals surface area (Å²) in [5.41, 5.74) is 3.26. The van der Waals surface area contributed by atoms with Crippen LogP contribution in [0.4, 0.5) is 11.4 Å². The van der Waals surface area contributed by atoms with Crippen LogP contribution in [0.2, 0.25) is 0 Å². The van der Waals surface area contributed by atoms with Crippen molar-refractivity contribution in [2.45, 2.75) is 25.8 Å². The summed E-state index contributed by atoms with van der Waals surface area (Å²) in [6.07, 6.45) is 1.32. The highest BCUT2D eigenvalue weighted by Gasteiger charge is 2.33. The van der Waals surface area contributed by atoms with E-state index in [1.165, 1.54) is 0 Å². The van der Waals surface area contributed by atoms with E-state index in [1.807, 2.05) is 79.7 Å². The number of hydrogen-bond donors (Lipinski definition) is 2. The molecular weight excluding hydrogens is 454 g/mol. The van der Waals surface area contributed by atoms with Crippen molar-refractivity contribution < 1.29 is 19.1 Å². The Hall–Kier alpha value is -3.84. The first-order chi connectivity index (χ1) is 17.5. The average Bonchev–Trinajstić information content (AvgIpc) is 2.90. The summed E-state index contributed by atoms with van der Waals surface area (Å²) >= 11 is 0. The van der Waals surface area contributed by atoms with E-state index in [4.69, 9.17) is 9.47 Å². The largest absolute Gasteiger partial charge is 0.495 e. The fourth-order valence-electron chi connectivity index (χ4n) is 4.69. The van der Waals surface area contributed by atoms with Crippen molar-refractivity contribution in [2.24, 2.45) is 5.92 Å². The molecule has 1 saturated heterocycles. The monoisotopic (exact) mass is 487 g/mol. The summed E-state index contributed by atoms with van der Waals surface area (Å²) in [4.78, 5) is 28.8. The van der Waals surface area contributed by atoms with Gasteiger partial charge in [0.2, 0.25) is 11.8 Å². The highest BCUT2D eigenvalue weighted by Crippen LogP contribution is 2.32. The summed E-state index contributed by atoms with van der Waals surface area (Å²) in [7, 11) is 3.18. The molecule has 0 radical (unpaired) electrons. The van der Waals surface area contributed by atoms with Crippen molar-refractivity contribution in [3.63, 3.8) is 0 Å². The van der Waals surface area contributed by atoms with E-state index in [2.05, 4.69) is 15.5 Å². The van der Waals surface area contributed by atoms with Gasteiger partial charge in [-0.25, -0.2) is 0 Å². The van der Waals surface area contributed by atoms with Gasteiger partial charge < -0.3 is 20.1 Å². The first kappa shape index (κ1) is 25.3. The summed E-state index contributed by atoms with van der Waals surface area (Å²) in [6, 6.07) is 22.4. The van der Waals surface area contributed by atoms with Crippen LogP contribution in [0, 0.1) is 12.8 Å². The zero-order chi connectivity index (χ0) is 25.5. The molecule has 7 heteroatoms. The Bertz CT molecular complexity index is 1190. The number of anilines is 2. The lowest BCUT2D eigenvalue weighted by Crippen LogP contribution is -2.44. The van der Waals surface area contributed by atoms with Crippen molar-refractivity contribution in [1.29, 1.82) is 0 Å². The van der Waals surface area contributed by atoms with Crippen molar-refractivity contribution in [3.8, 4) is 11.5 Å². The number of methoxy groups -OCH3 is 2. The molecule has 7 nitrogen and oxygen atoms in total. The number of carbonyl (C=O) groups excluding carboxylic acids is 2. The minimum Gasteiger partial charge on any atom is -0.495 e. The Morgan fingerprint density at radius 1 is 0.833 bits per heavy atom. The molecule has 2 amide bonds. The number of amides is 2. The molecule has 0 aromatic heterocycles. The van der Waals surface area contributed by atoms with Crippen LogP contribution in [0.5, 0.6) is 11.5 Å². The molecule has 1 heterocycles. The number of para-hydroxylation sites is 2. The number of likely N-dealkylation sites (tertiary alicyclic amines) is 1. The van der Waals surface area contributed by atoms with E-state index in [0.717, 1.165) is 11.1 Å². The molecule has 0 saturated carbocycles. The van der Waals surface area contributed by atoms with Gasteiger partial charge in [0.1, 0.15) is 17.5 Å². The predicted octanol–water partition coefficient (Wildman–Crippen LogP) is 5.04. The zero-order valence-corrected chi connectivity index (χ0v) is 21.0. The Balaban J connectivity index is 1.47. The SMILES string of the molecule is COc1ccccc1NC(=O)C1CCN(C(C(=O)Nc2cc(C)ccc2OC)c2ccccc2)CC1. The van der Waals surface area contributed by atoms with E-state index in [9.17, 15) is 9.59 Å². The van der Waals surface area contributed by atoms with Crippen LogP contribution in [-0.2, 0) is 9.59 Å². The second kappa shape index (κ2) is 11.7. The second-order valence-corrected chi connectivity index (χ2v) is 9.01. The second-order valence-electron chi connectivity index (χ2n) is 9.01. The zero-order valence-electron chi connectivity index (χ0n) is 21.0. The molecule has 1 unspecified atom stereocenters. The molecule has 2 N–H and O–H groups in total. The van der Waals surface area contributed by atoms with E-state index in [0.29, 0.717) is 48.8 Å². The number of hydrogen-bond acceptors (Lipinski definition) is 5. The van der Waals surface area contributed by atoms with Crippen LogP contribution >= 0.6 is 0 Å². The van der Waals surface area contributed by atoms with E-state index < -0.39 is 6.04 Å². The van der Waals surface area contributed by atoms with Crippen LogP contribution in [0.25, 0.3) is 0 Å². The van der Waals surface area contributed by atoms with Gasteiger partial charge >= 0.3 is 0 Å². The summed E-state index contributed by atoms with van der Waals surface area (Å²) in [6.45, 7) is 3.23. The molecule has 36 heavy (non-hydrogen) atoms. The van der Waals surface area contributed by atoms with E-state index in [1.54, 1.807) is 14.2 Å². The van der Waals surface area contributed by atoms with Gasteiger partial charge in [0, 0.05) is 5.92 Å². The Labute approximate surface area is 212 Å². The van der Waals surface area contributed by atoms with E-state index in [-0.39, 0.29) is 17.7 Å². The molecule has 1 atom stereocenters. The van der Waals surface area contributed by atoms with Gasteiger partial charge in [-0.1, -0.05) is 48.5 Å². The lowest BCUT2D eigenvalue weighted by molar-refractivity contribution is -0.124. The van der Waals surface area contributed by atoms with E-state index >= 15 is 0 Å². The number of ether oxygens (including phenoxy) is 2. The topological polar surface area (TPSA) is 79.9 Å². The quantitative estimate of drug-likeness (QED) is 0.465. The lowest BCUT2D eigenvalue weighted by atomic mass is 9.93. The molecule has 3 aromatic carbocycles. The van der Waals surface area contributed by atoms with Gasteiger partial charge in [-0.3, -0.25) is 14.5 Å².